The van der Waals surface area contributed by atoms with E-state index in [0.29, 0.717) is 18.5 Å². The van der Waals surface area contributed by atoms with Crippen LogP contribution >= 0.6 is 0 Å². The number of carbonyl (C=O) groups is 2. The largest absolute Gasteiger partial charge is 0.352 e. The molecule has 3 nitrogen and oxygen atoms in total. The number of carbonyl (C=O) groups excluding carboxylic acids is 2. The first-order chi connectivity index (χ1) is 6.76. The van der Waals surface area contributed by atoms with E-state index in [1.54, 1.807) is 12.1 Å². The molecule has 0 aliphatic rings. The van der Waals surface area contributed by atoms with Crippen molar-refractivity contribution in [3.8, 4) is 0 Å². The molecule has 1 N–H and O–H groups in total. The summed E-state index contributed by atoms with van der Waals surface area (Å²) in [5, 5.41) is 2.76. The highest BCUT2D eigenvalue weighted by atomic mass is 16.1. The number of rotatable bonds is 4. The van der Waals surface area contributed by atoms with Crippen LogP contribution in [0.2, 0.25) is 0 Å². The topological polar surface area (TPSA) is 46.2 Å². The maximum Gasteiger partial charge on any atom is 0.219 e. The second-order valence-corrected chi connectivity index (χ2v) is 2.99. The molecule has 0 spiro atoms. The van der Waals surface area contributed by atoms with E-state index in [9.17, 15) is 9.59 Å². The second kappa shape index (κ2) is 5.17. The summed E-state index contributed by atoms with van der Waals surface area (Å²) in [6.07, 6.45) is 1.29. The van der Waals surface area contributed by atoms with Gasteiger partial charge in [0, 0.05) is 18.5 Å². The Morgan fingerprint density at radius 3 is 2.50 bits per heavy atom. The molecule has 0 unspecified atom stereocenters. The monoisotopic (exact) mass is 191 g/mol. The number of benzene rings is 1. The third-order valence-corrected chi connectivity index (χ3v) is 1.93. The number of hydrogen-bond acceptors (Lipinski definition) is 2. The first-order valence-electron chi connectivity index (χ1n) is 4.57. The van der Waals surface area contributed by atoms with Gasteiger partial charge in [-0.25, -0.2) is 0 Å². The van der Waals surface area contributed by atoms with Gasteiger partial charge in [0.05, 0.1) is 0 Å². The van der Waals surface area contributed by atoms with Gasteiger partial charge in [-0.15, -0.1) is 0 Å². The van der Waals surface area contributed by atoms with Crippen LogP contribution < -0.4 is 5.32 Å². The molecule has 1 rings (SSSR count). The molecule has 0 radical (unpaired) electrons. The number of hydrogen-bond donors (Lipinski definition) is 1. The van der Waals surface area contributed by atoms with E-state index < -0.39 is 0 Å². The Kier molecular flexibility index (Phi) is 3.85. The summed E-state index contributed by atoms with van der Waals surface area (Å²) in [4.78, 5) is 21.3. The Hall–Kier alpha value is -1.64. The van der Waals surface area contributed by atoms with Crippen molar-refractivity contribution in [2.75, 3.05) is 0 Å². The molecule has 74 valence electrons. The van der Waals surface area contributed by atoms with Crippen LogP contribution in [0, 0.1) is 0 Å². The van der Waals surface area contributed by atoms with Crippen molar-refractivity contribution < 1.29 is 9.59 Å². The van der Waals surface area contributed by atoms with Gasteiger partial charge in [-0.1, -0.05) is 31.2 Å². The van der Waals surface area contributed by atoms with Gasteiger partial charge in [0.1, 0.15) is 6.29 Å². The fourth-order valence-corrected chi connectivity index (χ4v) is 1.04. The molecule has 0 saturated heterocycles. The minimum Gasteiger partial charge on any atom is -0.352 e. The first kappa shape index (κ1) is 10.4. The highest BCUT2D eigenvalue weighted by Gasteiger charge is 1.97. The zero-order valence-corrected chi connectivity index (χ0v) is 8.12. The lowest BCUT2D eigenvalue weighted by atomic mass is 10.1. The van der Waals surface area contributed by atoms with Crippen LogP contribution in [0.1, 0.15) is 29.3 Å². The summed E-state index contributed by atoms with van der Waals surface area (Å²) >= 11 is 0. The summed E-state index contributed by atoms with van der Waals surface area (Å²) in [6.45, 7) is 2.33. The fourth-order valence-electron chi connectivity index (χ4n) is 1.04. The molecule has 0 bridgehead atoms. The normalized spacial score (nSPS) is 9.50. The van der Waals surface area contributed by atoms with Crippen LogP contribution in [0.5, 0.6) is 0 Å². The lowest BCUT2D eigenvalue weighted by Crippen LogP contribution is -2.21. The minimum atomic E-state index is 0.0319. The Morgan fingerprint density at radius 1 is 1.36 bits per heavy atom. The summed E-state index contributed by atoms with van der Waals surface area (Å²) in [6, 6.07) is 7.14. The average molecular weight is 191 g/mol. The number of nitrogens with one attached hydrogen (secondary N) is 1. The molecule has 0 heterocycles. The van der Waals surface area contributed by atoms with Gasteiger partial charge in [-0.3, -0.25) is 9.59 Å². The molecule has 0 aliphatic carbocycles. The van der Waals surface area contributed by atoms with Crippen LogP contribution in [-0.2, 0) is 11.3 Å². The average Bonchev–Trinajstić information content (AvgIpc) is 2.26. The van der Waals surface area contributed by atoms with Crippen molar-refractivity contribution in [1.82, 2.24) is 5.32 Å². The summed E-state index contributed by atoms with van der Waals surface area (Å²) < 4.78 is 0. The third-order valence-electron chi connectivity index (χ3n) is 1.93. The van der Waals surface area contributed by atoms with Crippen molar-refractivity contribution in [2.45, 2.75) is 19.9 Å². The van der Waals surface area contributed by atoms with E-state index in [4.69, 9.17) is 0 Å². The van der Waals surface area contributed by atoms with Crippen molar-refractivity contribution >= 4 is 12.2 Å². The van der Waals surface area contributed by atoms with Crippen molar-refractivity contribution in [2.24, 2.45) is 0 Å². The SMILES string of the molecule is CCC(=O)NCc1ccc(C=O)cc1. The number of amides is 1. The van der Waals surface area contributed by atoms with Crippen LogP contribution in [0.15, 0.2) is 24.3 Å². The van der Waals surface area contributed by atoms with Crippen LogP contribution in [0.3, 0.4) is 0 Å². The molecule has 0 fully saturated rings. The molecule has 1 amide bonds. The highest BCUT2D eigenvalue weighted by Crippen LogP contribution is 2.01. The van der Waals surface area contributed by atoms with E-state index in [2.05, 4.69) is 5.32 Å². The maximum absolute atomic E-state index is 10.9. The van der Waals surface area contributed by atoms with Gasteiger partial charge in [-0.2, -0.15) is 0 Å². The predicted molar refractivity (Wildman–Crippen MR) is 54.0 cm³/mol. The molecule has 14 heavy (non-hydrogen) atoms. The molecular formula is C11H13NO2. The molecule has 0 saturated carbocycles. The zero-order valence-electron chi connectivity index (χ0n) is 8.12. The molecule has 1 aromatic carbocycles. The molecule has 0 aliphatic heterocycles. The summed E-state index contributed by atoms with van der Waals surface area (Å²) in [5.74, 6) is 0.0319. The maximum atomic E-state index is 10.9. The van der Waals surface area contributed by atoms with Gasteiger partial charge >= 0.3 is 0 Å². The minimum absolute atomic E-state index is 0.0319. The summed E-state index contributed by atoms with van der Waals surface area (Å²) in [7, 11) is 0. The Bertz CT molecular complexity index is 317. The molecule has 0 aromatic heterocycles. The van der Waals surface area contributed by atoms with Crippen molar-refractivity contribution in [1.29, 1.82) is 0 Å². The van der Waals surface area contributed by atoms with Crippen molar-refractivity contribution in [3.63, 3.8) is 0 Å². The molecular weight excluding hydrogens is 178 g/mol. The quantitative estimate of drug-likeness (QED) is 0.733. The van der Waals surface area contributed by atoms with E-state index in [1.165, 1.54) is 0 Å². The highest BCUT2D eigenvalue weighted by molar-refractivity contribution is 5.76. The van der Waals surface area contributed by atoms with E-state index in [-0.39, 0.29) is 5.91 Å². The fraction of sp³-hybridized carbons (Fsp3) is 0.273. The predicted octanol–water partition coefficient (Wildman–Crippen LogP) is 1.53. The Labute approximate surface area is 83.1 Å². The van der Waals surface area contributed by atoms with Gasteiger partial charge in [0.2, 0.25) is 5.91 Å². The molecule has 1 aromatic rings. The zero-order chi connectivity index (χ0) is 10.4. The first-order valence-corrected chi connectivity index (χ1v) is 4.57. The van der Waals surface area contributed by atoms with E-state index in [0.717, 1.165) is 11.8 Å². The van der Waals surface area contributed by atoms with E-state index >= 15 is 0 Å². The Morgan fingerprint density at radius 2 is 2.00 bits per heavy atom. The lowest BCUT2D eigenvalue weighted by Gasteiger charge is -2.03. The summed E-state index contributed by atoms with van der Waals surface area (Å²) in [5.41, 5.74) is 1.65. The lowest BCUT2D eigenvalue weighted by molar-refractivity contribution is -0.120. The van der Waals surface area contributed by atoms with Gasteiger partial charge in [0.15, 0.2) is 0 Å². The molecule has 3 heteroatoms. The Balaban J connectivity index is 2.51. The smallest absolute Gasteiger partial charge is 0.219 e. The van der Waals surface area contributed by atoms with Crippen LogP contribution in [0.25, 0.3) is 0 Å². The van der Waals surface area contributed by atoms with Gasteiger partial charge in [-0.05, 0) is 5.56 Å². The van der Waals surface area contributed by atoms with Gasteiger partial charge in [0.25, 0.3) is 0 Å². The standard InChI is InChI=1S/C11H13NO2/c1-2-11(14)12-7-9-3-5-10(8-13)6-4-9/h3-6,8H,2,7H2,1H3,(H,12,14). The van der Waals surface area contributed by atoms with Crippen LogP contribution in [0.4, 0.5) is 0 Å². The molecule has 0 atom stereocenters. The third kappa shape index (κ3) is 3.01. The van der Waals surface area contributed by atoms with Crippen molar-refractivity contribution in [3.05, 3.63) is 35.4 Å². The van der Waals surface area contributed by atoms with Gasteiger partial charge < -0.3 is 5.32 Å². The van der Waals surface area contributed by atoms with E-state index in [1.807, 2.05) is 19.1 Å². The second-order valence-electron chi connectivity index (χ2n) is 2.99. The van der Waals surface area contributed by atoms with Crippen LogP contribution in [-0.4, -0.2) is 12.2 Å². The number of aldehydes is 1.